The Hall–Kier alpha value is -1.39. The van der Waals surface area contributed by atoms with Gasteiger partial charge in [-0.05, 0) is 36.2 Å². The number of nitrogens with one attached hydrogen (secondary N) is 1. The molecule has 0 spiro atoms. The minimum Gasteiger partial charge on any atom is -0.497 e. The van der Waals surface area contributed by atoms with Crippen LogP contribution in [0.3, 0.4) is 0 Å². The molecule has 0 bridgehead atoms. The predicted molar refractivity (Wildman–Crippen MR) is 69.0 cm³/mol. The summed E-state index contributed by atoms with van der Waals surface area (Å²) in [5.41, 5.74) is 1.79. The van der Waals surface area contributed by atoms with Gasteiger partial charge in [0.05, 0.1) is 7.11 Å². The van der Waals surface area contributed by atoms with Gasteiger partial charge in [0, 0.05) is 23.1 Å². The molecule has 1 N–H and O–H groups in total. The molecule has 1 heterocycles. The van der Waals surface area contributed by atoms with E-state index in [1.54, 1.807) is 23.5 Å². The first-order valence-corrected chi connectivity index (χ1v) is 6.18. The first-order chi connectivity index (χ1) is 8.24. The highest BCUT2D eigenvalue weighted by Gasteiger charge is 2.08. The van der Waals surface area contributed by atoms with Gasteiger partial charge in [0.25, 0.3) is 0 Å². The van der Waals surface area contributed by atoms with Gasteiger partial charge >= 0.3 is 0 Å². The molecule has 0 amide bonds. The highest BCUT2D eigenvalue weighted by molar-refractivity contribution is 7.13. The van der Waals surface area contributed by atoms with E-state index in [0.29, 0.717) is 11.3 Å². The molecule has 0 saturated carbocycles. The Kier molecular flexibility index (Phi) is 3.76. The zero-order valence-corrected chi connectivity index (χ0v) is 10.6. The summed E-state index contributed by atoms with van der Waals surface area (Å²) in [5.74, 6) is 0.292. The van der Waals surface area contributed by atoms with Crippen molar-refractivity contribution in [1.29, 1.82) is 0 Å². The molecule has 0 radical (unpaired) electrons. The van der Waals surface area contributed by atoms with E-state index in [9.17, 15) is 4.39 Å². The van der Waals surface area contributed by atoms with Gasteiger partial charge in [-0.3, -0.25) is 0 Å². The van der Waals surface area contributed by atoms with E-state index < -0.39 is 0 Å². The van der Waals surface area contributed by atoms with Crippen molar-refractivity contribution in [1.82, 2.24) is 5.32 Å². The molecule has 0 aliphatic rings. The van der Waals surface area contributed by atoms with Gasteiger partial charge in [0.15, 0.2) is 0 Å². The number of hydrogen-bond donors (Lipinski definition) is 1. The molecule has 0 atom stereocenters. The Morgan fingerprint density at radius 1 is 1.35 bits per heavy atom. The smallest absolute Gasteiger partial charge is 0.135 e. The van der Waals surface area contributed by atoms with E-state index in [0.717, 1.165) is 11.4 Å². The van der Waals surface area contributed by atoms with E-state index in [4.69, 9.17) is 4.74 Å². The molecule has 0 aliphatic carbocycles. The molecule has 0 aliphatic heterocycles. The fourth-order valence-corrected chi connectivity index (χ4v) is 2.58. The summed E-state index contributed by atoms with van der Waals surface area (Å²) in [7, 11) is 3.43. The molecular weight excluding hydrogens is 237 g/mol. The normalized spacial score (nSPS) is 10.5. The summed E-state index contributed by atoms with van der Waals surface area (Å²) < 4.78 is 18.8. The van der Waals surface area contributed by atoms with Crippen LogP contribution in [0.25, 0.3) is 10.4 Å². The van der Waals surface area contributed by atoms with E-state index >= 15 is 0 Å². The van der Waals surface area contributed by atoms with Crippen LogP contribution in [0.15, 0.2) is 29.6 Å². The van der Waals surface area contributed by atoms with Gasteiger partial charge in [0.1, 0.15) is 11.6 Å². The molecule has 90 valence electrons. The van der Waals surface area contributed by atoms with Crippen molar-refractivity contribution in [3.8, 4) is 16.2 Å². The molecule has 17 heavy (non-hydrogen) atoms. The SMILES string of the molecule is CNCc1csc(-c2ccc(OC)cc2F)c1. The van der Waals surface area contributed by atoms with Crippen LogP contribution in [0.1, 0.15) is 5.56 Å². The number of benzene rings is 1. The van der Waals surface area contributed by atoms with Gasteiger partial charge in [-0.2, -0.15) is 0 Å². The lowest BCUT2D eigenvalue weighted by molar-refractivity contribution is 0.411. The predicted octanol–water partition coefficient (Wildman–Crippen LogP) is 3.28. The summed E-state index contributed by atoms with van der Waals surface area (Å²) in [6.07, 6.45) is 0. The van der Waals surface area contributed by atoms with Crippen molar-refractivity contribution in [2.75, 3.05) is 14.2 Å². The Labute approximate surface area is 104 Å². The van der Waals surface area contributed by atoms with Gasteiger partial charge in [-0.15, -0.1) is 11.3 Å². The zero-order valence-electron chi connectivity index (χ0n) is 9.79. The van der Waals surface area contributed by atoms with Crippen LogP contribution in [0, 0.1) is 5.82 Å². The van der Waals surface area contributed by atoms with Crippen molar-refractivity contribution in [3.05, 3.63) is 41.0 Å². The molecule has 2 nitrogen and oxygen atoms in total. The summed E-state index contributed by atoms with van der Waals surface area (Å²) in [4.78, 5) is 0.940. The highest BCUT2D eigenvalue weighted by atomic mass is 32.1. The molecule has 0 fully saturated rings. The fourth-order valence-electron chi connectivity index (χ4n) is 1.64. The van der Waals surface area contributed by atoms with Crippen LogP contribution in [-0.2, 0) is 6.54 Å². The van der Waals surface area contributed by atoms with Crippen LogP contribution >= 0.6 is 11.3 Å². The molecule has 1 aromatic carbocycles. The number of rotatable bonds is 4. The van der Waals surface area contributed by atoms with Gasteiger partial charge < -0.3 is 10.1 Å². The van der Waals surface area contributed by atoms with Crippen molar-refractivity contribution in [2.24, 2.45) is 0 Å². The Morgan fingerprint density at radius 3 is 2.82 bits per heavy atom. The minimum absolute atomic E-state index is 0.248. The quantitative estimate of drug-likeness (QED) is 0.900. The topological polar surface area (TPSA) is 21.3 Å². The largest absolute Gasteiger partial charge is 0.497 e. The maximum Gasteiger partial charge on any atom is 0.135 e. The molecule has 2 aromatic rings. The Bertz CT molecular complexity index is 510. The maximum absolute atomic E-state index is 13.8. The number of halogens is 1. The highest BCUT2D eigenvalue weighted by Crippen LogP contribution is 2.31. The third-order valence-electron chi connectivity index (χ3n) is 2.48. The van der Waals surface area contributed by atoms with E-state index in [-0.39, 0.29) is 5.82 Å². The van der Waals surface area contributed by atoms with Crippen LogP contribution in [-0.4, -0.2) is 14.2 Å². The zero-order chi connectivity index (χ0) is 12.3. The lowest BCUT2D eigenvalue weighted by Crippen LogP contribution is -2.03. The number of thiophene rings is 1. The minimum atomic E-state index is -0.248. The van der Waals surface area contributed by atoms with Gasteiger partial charge in [-0.1, -0.05) is 0 Å². The third kappa shape index (κ3) is 2.65. The second-order valence-corrected chi connectivity index (χ2v) is 4.61. The summed E-state index contributed by atoms with van der Waals surface area (Å²) in [5, 5.41) is 5.11. The van der Waals surface area contributed by atoms with Crippen LogP contribution in [0.4, 0.5) is 4.39 Å². The Morgan fingerprint density at radius 2 is 2.18 bits per heavy atom. The standard InChI is InChI=1S/C13H14FNOS/c1-15-7-9-5-13(17-8-9)11-4-3-10(16-2)6-12(11)14/h3-6,8,15H,7H2,1-2H3. The first kappa shape index (κ1) is 12.1. The van der Waals surface area contributed by atoms with Crippen LogP contribution in [0.2, 0.25) is 0 Å². The van der Waals surface area contributed by atoms with Gasteiger partial charge in [-0.25, -0.2) is 4.39 Å². The molecule has 4 heteroatoms. The molecular formula is C13H14FNOS. The summed E-state index contributed by atoms with van der Waals surface area (Å²) >= 11 is 1.55. The van der Waals surface area contributed by atoms with E-state index in [1.807, 2.05) is 18.5 Å². The van der Waals surface area contributed by atoms with Crippen molar-refractivity contribution in [3.63, 3.8) is 0 Å². The van der Waals surface area contributed by atoms with Crippen molar-refractivity contribution < 1.29 is 9.13 Å². The summed E-state index contributed by atoms with van der Waals surface area (Å²) in [6, 6.07) is 6.94. The Balaban J connectivity index is 2.32. The number of ether oxygens (including phenoxy) is 1. The fraction of sp³-hybridized carbons (Fsp3) is 0.231. The molecule has 1 aromatic heterocycles. The van der Waals surface area contributed by atoms with Crippen LogP contribution in [0.5, 0.6) is 5.75 Å². The lowest BCUT2D eigenvalue weighted by Gasteiger charge is -2.03. The van der Waals surface area contributed by atoms with Crippen molar-refractivity contribution >= 4 is 11.3 Å². The van der Waals surface area contributed by atoms with Gasteiger partial charge in [0.2, 0.25) is 0 Å². The number of methoxy groups -OCH3 is 1. The lowest BCUT2D eigenvalue weighted by atomic mass is 10.1. The molecule has 0 saturated heterocycles. The first-order valence-electron chi connectivity index (χ1n) is 5.30. The monoisotopic (exact) mass is 251 g/mol. The van der Waals surface area contributed by atoms with E-state index in [1.165, 1.54) is 18.7 Å². The molecule has 2 rings (SSSR count). The summed E-state index contributed by atoms with van der Waals surface area (Å²) in [6.45, 7) is 0.800. The third-order valence-corrected chi connectivity index (χ3v) is 3.49. The van der Waals surface area contributed by atoms with Crippen molar-refractivity contribution in [2.45, 2.75) is 6.54 Å². The second kappa shape index (κ2) is 5.29. The van der Waals surface area contributed by atoms with Crippen LogP contribution < -0.4 is 10.1 Å². The van der Waals surface area contributed by atoms with E-state index in [2.05, 4.69) is 5.32 Å². The maximum atomic E-state index is 13.8. The average Bonchev–Trinajstić information content (AvgIpc) is 2.78. The second-order valence-electron chi connectivity index (χ2n) is 3.70. The molecule has 0 unspecified atom stereocenters. The average molecular weight is 251 g/mol. The number of hydrogen-bond acceptors (Lipinski definition) is 3.